The molecule has 7 nitrogen and oxygen atoms in total. The Labute approximate surface area is 124 Å². The lowest BCUT2D eigenvalue weighted by atomic mass is 10.3. The van der Waals surface area contributed by atoms with E-state index in [0.29, 0.717) is 31.1 Å². The van der Waals surface area contributed by atoms with E-state index in [2.05, 4.69) is 30.6 Å². The Morgan fingerprint density at radius 3 is 2.38 bits per heavy atom. The van der Waals surface area contributed by atoms with Crippen LogP contribution in [0.1, 0.15) is 25.8 Å². The first-order valence-electron chi connectivity index (χ1n) is 7.07. The van der Waals surface area contributed by atoms with Gasteiger partial charge in [-0.2, -0.15) is 15.0 Å². The molecule has 7 heteroatoms. The van der Waals surface area contributed by atoms with Gasteiger partial charge in [0.2, 0.25) is 11.9 Å². The largest absolute Gasteiger partial charge is 0.463 e. The molecule has 2 heterocycles. The number of hydrogen-bond donors (Lipinski definition) is 2. The quantitative estimate of drug-likeness (QED) is 0.769. The van der Waals surface area contributed by atoms with E-state index in [9.17, 15) is 0 Å². The molecule has 0 aliphatic rings. The molecule has 0 bridgehead atoms. The minimum atomic E-state index is 0.333. The lowest BCUT2D eigenvalue weighted by Gasteiger charge is -2.09. The van der Waals surface area contributed by atoms with Crippen LogP contribution in [-0.2, 0) is 6.54 Å². The van der Waals surface area contributed by atoms with Gasteiger partial charge in [-0.25, -0.2) is 0 Å². The van der Waals surface area contributed by atoms with Gasteiger partial charge in [0.15, 0.2) is 0 Å². The van der Waals surface area contributed by atoms with Gasteiger partial charge in [-0.05, 0) is 31.0 Å². The Kier molecular flexibility index (Phi) is 5.69. The van der Waals surface area contributed by atoms with Crippen molar-refractivity contribution in [2.75, 3.05) is 23.8 Å². The molecule has 0 atom stereocenters. The highest BCUT2D eigenvalue weighted by Gasteiger charge is 2.06. The molecule has 0 radical (unpaired) electrons. The first-order chi connectivity index (χ1) is 10.3. The highest BCUT2D eigenvalue weighted by Crippen LogP contribution is 2.12. The Balaban J connectivity index is 2.07. The molecule has 0 fully saturated rings. The van der Waals surface area contributed by atoms with Crippen molar-refractivity contribution in [1.82, 2.24) is 19.9 Å². The molecule has 2 rings (SSSR count). The van der Waals surface area contributed by atoms with Crippen LogP contribution in [0.2, 0.25) is 0 Å². The van der Waals surface area contributed by atoms with E-state index >= 15 is 0 Å². The van der Waals surface area contributed by atoms with Crippen molar-refractivity contribution in [3.63, 3.8) is 0 Å². The fourth-order valence-corrected chi connectivity index (χ4v) is 1.61. The first-order valence-corrected chi connectivity index (χ1v) is 7.07. The lowest BCUT2D eigenvalue weighted by Crippen LogP contribution is -2.11. The second-order valence-electron chi connectivity index (χ2n) is 4.35. The fraction of sp³-hybridized carbons (Fsp3) is 0.429. The molecular formula is C14H20N6O. The van der Waals surface area contributed by atoms with E-state index in [4.69, 9.17) is 4.74 Å². The molecule has 2 N–H and O–H groups in total. The average Bonchev–Trinajstić information content (AvgIpc) is 2.52. The first kappa shape index (κ1) is 15.0. The minimum Gasteiger partial charge on any atom is -0.463 e. The van der Waals surface area contributed by atoms with Gasteiger partial charge in [0.1, 0.15) is 0 Å². The summed E-state index contributed by atoms with van der Waals surface area (Å²) >= 11 is 0. The summed E-state index contributed by atoms with van der Waals surface area (Å²) in [5, 5.41) is 6.24. The summed E-state index contributed by atoms with van der Waals surface area (Å²) < 4.78 is 5.48. The van der Waals surface area contributed by atoms with E-state index in [-0.39, 0.29) is 0 Å². The third-order valence-electron chi connectivity index (χ3n) is 2.59. The van der Waals surface area contributed by atoms with Crippen molar-refractivity contribution in [2.45, 2.75) is 26.8 Å². The summed E-state index contributed by atoms with van der Waals surface area (Å²) in [5.74, 6) is 1.000. The Bertz CT molecular complexity index is 548. The Morgan fingerprint density at radius 1 is 1.00 bits per heavy atom. The molecule has 112 valence electrons. The minimum absolute atomic E-state index is 0.333. The van der Waals surface area contributed by atoms with Crippen molar-refractivity contribution in [3.05, 3.63) is 30.1 Å². The van der Waals surface area contributed by atoms with Crippen molar-refractivity contribution in [2.24, 2.45) is 0 Å². The number of pyridine rings is 1. The van der Waals surface area contributed by atoms with E-state index in [1.807, 2.05) is 26.0 Å². The van der Waals surface area contributed by atoms with E-state index in [1.165, 1.54) is 0 Å². The van der Waals surface area contributed by atoms with Crippen LogP contribution < -0.4 is 15.4 Å². The van der Waals surface area contributed by atoms with Crippen molar-refractivity contribution in [3.8, 4) is 6.01 Å². The molecule has 0 saturated heterocycles. The topological polar surface area (TPSA) is 84.9 Å². The molecular weight excluding hydrogens is 268 g/mol. The third-order valence-corrected chi connectivity index (χ3v) is 2.59. The summed E-state index contributed by atoms with van der Waals surface area (Å²) in [4.78, 5) is 16.8. The number of rotatable bonds is 8. The predicted molar refractivity (Wildman–Crippen MR) is 81.3 cm³/mol. The van der Waals surface area contributed by atoms with Crippen LogP contribution in [-0.4, -0.2) is 33.1 Å². The van der Waals surface area contributed by atoms with Crippen LogP contribution in [0.15, 0.2) is 24.5 Å². The highest BCUT2D eigenvalue weighted by molar-refractivity contribution is 5.36. The van der Waals surface area contributed by atoms with Gasteiger partial charge in [-0.15, -0.1) is 0 Å². The zero-order valence-corrected chi connectivity index (χ0v) is 12.3. The van der Waals surface area contributed by atoms with Gasteiger partial charge in [-0.1, -0.05) is 6.92 Å². The lowest BCUT2D eigenvalue weighted by molar-refractivity contribution is 0.292. The number of hydrogen-bond acceptors (Lipinski definition) is 7. The number of nitrogens with one attached hydrogen (secondary N) is 2. The normalized spacial score (nSPS) is 10.2. The van der Waals surface area contributed by atoms with Crippen molar-refractivity contribution in [1.29, 1.82) is 0 Å². The van der Waals surface area contributed by atoms with Crippen molar-refractivity contribution >= 4 is 11.9 Å². The van der Waals surface area contributed by atoms with Crippen LogP contribution in [0.3, 0.4) is 0 Å². The molecule has 0 aliphatic carbocycles. The number of aromatic nitrogens is 4. The summed E-state index contributed by atoms with van der Waals surface area (Å²) in [5.41, 5.74) is 1.10. The smallest absolute Gasteiger partial charge is 0.323 e. The Morgan fingerprint density at radius 2 is 1.71 bits per heavy atom. The zero-order valence-electron chi connectivity index (χ0n) is 12.3. The molecule has 0 unspecified atom stereocenters. The predicted octanol–water partition coefficient (Wildman–Crippen LogP) is 2.10. The summed E-state index contributed by atoms with van der Waals surface area (Å²) in [6.45, 7) is 5.96. The van der Waals surface area contributed by atoms with E-state index in [0.717, 1.165) is 18.5 Å². The third kappa shape index (κ3) is 4.87. The van der Waals surface area contributed by atoms with Crippen molar-refractivity contribution < 1.29 is 4.74 Å². The maximum Gasteiger partial charge on any atom is 0.323 e. The summed E-state index contributed by atoms with van der Waals surface area (Å²) in [7, 11) is 0. The molecule has 0 amide bonds. The van der Waals surface area contributed by atoms with Crippen LogP contribution in [0.4, 0.5) is 11.9 Å². The van der Waals surface area contributed by atoms with Crippen LogP contribution in [0.5, 0.6) is 6.01 Å². The van der Waals surface area contributed by atoms with Crippen LogP contribution in [0, 0.1) is 0 Å². The van der Waals surface area contributed by atoms with E-state index < -0.39 is 0 Å². The van der Waals surface area contributed by atoms with Gasteiger partial charge < -0.3 is 15.4 Å². The van der Waals surface area contributed by atoms with E-state index in [1.54, 1.807) is 12.4 Å². The second-order valence-corrected chi connectivity index (χ2v) is 4.35. The standard InChI is InChI=1S/C14H20N6O/c1-3-9-21-14-19-12(16-4-2)18-13(20-14)17-10-11-5-7-15-8-6-11/h5-8H,3-4,9-10H2,1-2H3,(H2,16,17,18,19,20). The van der Waals surface area contributed by atoms with Gasteiger partial charge in [-0.3, -0.25) is 4.98 Å². The molecule has 0 saturated carbocycles. The van der Waals surface area contributed by atoms with Gasteiger partial charge >= 0.3 is 6.01 Å². The molecule has 0 aliphatic heterocycles. The number of anilines is 2. The van der Waals surface area contributed by atoms with Gasteiger partial charge in [0.05, 0.1) is 6.61 Å². The summed E-state index contributed by atoms with van der Waals surface area (Å²) in [6, 6.07) is 4.21. The molecule has 0 aromatic carbocycles. The van der Waals surface area contributed by atoms with Gasteiger partial charge in [0.25, 0.3) is 0 Å². The molecule has 2 aromatic heterocycles. The van der Waals surface area contributed by atoms with Crippen LogP contribution in [0.25, 0.3) is 0 Å². The molecule has 2 aromatic rings. The van der Waals surface area contributed by atoms with Gasteiger partial charge in [0, 0.05) is 25.5 Å². The zero-order chi connectivity index (χ0) is 14.9. The number of nitrogens with zero attached hydrogens (tertiary/aromatic N) is 4. The SMILES string of the molecule is CCCOc1nc(NCC)nc(NCc2ccncc2)n1. The molecule has 0 spiro atoms. The average molecular weight is 288 g/mol. The Hall–Kier alpha value is -2.44. The molecule has 21 heavy (non-hydrogen) atoms. The maximum atomic E-state index is 5.48. The highest BCUT2D eigenvalue weighted by atomic mass is 16.5. The summed E-state index contributed by atoms with van der Waals surface area (Å²) in [6.07, 6.45) is 4.41. The number of ether oxygens (including phenoxy) is 1. The fourth-order valence-electron chi connectivity index (χ4n) is 1.61. The second kappa shape index (κ2) is 7.98. The monoisotopic (exact) mass is 288 g/mol. The van der Waals surface area contributed by atoms with Crippen LogP contribution >= 0.6 is 0 Å². The maximum absolute atomic E-state index is 5.48.